The summed E-state index contributed by atoms with van der Waals surface area (Å²) in [6.07, 6.45) is 5.39. The van der Waals surface area contributed by atoms with Gasteiger partial charge in [-0.2, -0.15) is 0 Å². The smallest absolute Gasteiger partial charge is 0.225 e. The van der Waals surface area contributed by atoms with Gasteiger partial charge in [-0.1, -0.05) is 0 Å². The molecule has 3 aromatic heterocycles. The maximum atomic E-state index is 11.4. The highest BCUT2D eigenvalue weighted by atomic mass is 16.1. The number of nitrogens with zero attached hydrogens (tertiary/aromatic N) is 6. The molecule has 0 aromatic carbocycles. The highest BCUT2D eigenvalue weighted by molar-refractivity contribution is 5.74. The number of hydrogen-bond donors (Lipinski definition) is 1. The van der Waals surface area contributed by atoms with Gasteiger partial charge in [-0.25, -0.2) is 19.9 Å². The van der Waals surface area contributed by atoms with E-state index in [9.17, 15) is 4.79 Å². The predicted molar refractivity (Wildman–Crippen MR) is 121 cm³/mol. The second-order valence-electron chi connectivity index (χ2n) is 8.56. The van der Waals surface area contributed by atoms with Gasteiger partial charge in [0.15, 0.2) is 5.65 Å². The predicted octanol–water partition coefficient (Wildman–Crippen LogP) is 2.67. The molecule has 3 aromatic rings. The molecule has 1 amide bonds. The van der Waals surface area contributed by atoms with Crippen LogP contribution in [0.3, 0.4) is 0 Å². The van der Waals surface area contributed by atoms with Crippen LogP contribution in [-0.2, 0) is 10.3 Å². The van der Waals surface area contributed by atoms with E-state index >= 15 is 0 Å². The summed E-state index contributed by atoms with van der Waals surface area (Å²) in [5, 5.41) is 3.99. The monoisotopic (exact) mass is 419 g/mol. The quantitative estimate of drug-likeness (QED) is 0.680. The summed E-state index contributed by atoms with van der Waals surface area (Å²) in [7, 11) is 0. The molecule has 0 spiro atoms. The largest absolute Gasteiger partial charge is 0.347 e. The van der Waals surface area contributed by atoms with Crippen LogP contribution >= 0.6 is 0 Å². The van der Waals surface area contributed by atoms with Gasteiger partial charge in [-0.05, 0) is 45.0 Å². The number of fused-ring (bicyclic) bond motifs is 1. The molecular weight excluding hydrogens is 390 g/mol. The first-order valence-corrected chi connectivity index (χ1v) is 10.7. The molecule has 4 heterocycles. The number of anilines is 1. The van der Waals surface area contributed by atoms with Gasteiger partial charge in [-0.3, -0.25) is 9.69 Å². The molecule has 0 bridgehead atoms. The third kappa shape index (κ3) is 4.64. The number of nitrogens with one attached hydrogen (secondary N) is 1. The Labute approximate surface area is 182 Å². The molecule has 8 heteroatoms. The molecule has 0 saturated carbocycles. The molecule has 1 aliphatic heterocycles. The summed E-state index contributed by atoms with van der Waals surface area (Å²) in [5.41, 5.74) is 2.22. The highest BCUT2D eigenvalue weighted by Gasteiger charge is 2.26. The van der Waals surface area contributed by atoms with Gasteiger partial charge in [-0.15, -0.1) is 0 Å². The van der Waals surface area contributed by atoms with E-state index < -0.39 is 5.54 Å². The van der Waals surface area contributed by atoms with Crippen LogP contribution in [0.2, 0.25) is 0 Å². The topological polar surface area (TPSA) is 87.1 Å². The van der Waals surface area contributed by atoms with Gasteiger partial charge in [0.25, 0.3) is 0 Å². The van der Waals surface area contributed by atoms with Crippen molar-refractivity contribution in [1.82, 2.24) is 30.2 Å². The Balaban J connectivity index is 1.39. The summed E-state index contributed by atoms with van der Waals surface area (Å²) >= 11 is 0. The van der Waals surface area contributed by atoms with E-state index in [-0.39, 0.29) is 11.9 Å². The van der Waals surface area contributed by atoms with E-state index in [0.717, 1.165) is 54.4 Å². The summed E-state index contributed by atoms with van der Waals surface area (Å²) in [4.78, 5) is 34.3. The number of rotatable bonds is 5. The molecule has 8 nitrogen and oxygen atoms in total. The van der Waals surface area contributed by atoms with Crippen molar-refractivity contribution in [1.29, 1.82) is 0 Å². The molecule has 0 radical (unpaired) electrons. The number of carbonyl (C=O) groups is 1. The molecule has 1 aliphatic rings. The lowest BCUT2D eigenvalue weighted by Crippen LogP contribution is -2.48. The van der Waals surface area contributed by atoms with E-state index in [1.54, 1.807) is 18.6 Å². The first kappa shape index (κ1) is 21.1. The standard InChI is InChI=1S/C23H29N7O/c1-16(20-8-7-18-6-5-9-24-21(18)27-20)29-10-12-30(13-11-29)22-25-14-19(15-26-22)23(3,4)28-17(2)31/h5-9,14-16H,10-13H2,1-4H3,(H,28,31). The Bertz CT molecular complexity index is 1060. The lowest BCUT2D eigenvalue weighted by Gasteiger charge is -2.38. The van der Waals surface area contributed by atoms with Crippen LogP contribution in [0.4, 0.5) is 5.95 Å². The number of pyridine rings is 2. The maximum Gasteiger partial charge on any atom is 0.225 e. The van der Waals surface area contributed by atoms with Gasteiger partial charge >= 0.3 is 0 Å². The Morgan fingerprint density at radius 2 is 1.77 bits per heavy atom. The van der Waals surface area contributed by atoms with Crippen LogP contribution in [0.5, 0.6) is 0 Å². The fraction of sp³-hybridized carbons (Fsp3) is 0.435. The number of piperazine rings is 1. The van der Waals surface area contributed by atoms with E-state index in [4.69, 9.17) is 4.98 Å². The molecule has 1 saturated heterocycles. The lowest BCUT2D eigenvalue weighted by molar-refractivity contribution is -0.120. The van der Waals surface area contributed by atoms with Crippen molar-refractivity contribution in [3.8, 4) is 0 Å². The summed E-state index contributed by atoms with van der Waals surface area (Å²) < 4.78 is 0. The van der Waals surface area contributed by atoms with E-state index in [1.165, 1.54) is 6.92 Å². The van der Waals surface area contributed by atoms with Gasteiger partial charge in [0.05, 0.1) is 11.2 Å². The van der Waals surface area contributed by atoms with Crippen LogP contribution in [-0.4, -0.2) is 56.9 Å². The Morgan fingerprint density at radius 1 is 1.06 bits per heavy atom. The highest BCUT2D eigenvalue weighted by Crippen LogP contribution is 2.24. The van der Waals surface area contributed by atoms with Gasteiger partial charge in [0.2, 0.25) is 11.9 Å². The average Bonchev–Trinajstić information content (AvgIpc) is 2.77. The van der Waals surface area contributed by atoms with Crippen molar-refractivity contribution in [2.45, 2.75) is 39.3 Å². The molecule has 31 heavy (non-hydrogen) atoms. The zero-order valence-corrected chi connectivity index (χ0v) is 18.5. The number of carbonyl (C=O) groups excluding carboxylic acids is 1. The molecule has 1 unspecified atom stereocenters. The first-order valence-electron chi connectivity index (χ1n) is 10.7. The van der Waals surface area contributed by atoms with Gasteiger partial charge in [0.1, 0.15) is 0 Å². The molecule has 162 valence electrons. The van der Waals surface area contributed by atoms with Crippen LogP contribution in [0.15, 0.2) is 42.9 Å². The van der Waals surface area contributed by atoms with E-state index in [2.05, 4.69) is 49.1 Å². The van der Waals surface area contributed by atoms with Crippen LogP contribution in [0.1, 0.15) is 45.0 Å². The normalized spacial score (nSPS) is 16.3. The third-order valence-corrected chi connectivity index (χ3v) is 5.91. The van der Waals surface area contributed by atoms with Crippen molar-refractivity contribution >= 4 is 22.9 Å². The van der Waals surface area contributed by atoms with Crippen molar-refractivity contribution in [2.75, 3.05) is 31.1 Å². The van der Waals surface area contributed by atoms with Gasteiger partial charge in [0, 0.05) is 68.7 Å². The number of aromatic nitrogens is 4. The fourth-order valence-electron chi connectivity index (χ4n) is 4.02. The minimum Gasteiger partial charge on any atom is -0.347 e. The number of hydrogen-bond acceptors (Lipinski definition) is 7. The van der Waals surface area contributed by atoms with E-state index in [0.29, 0.717) is 0 Å². The van der Waals surface area contributed by atoms with Crippen LogP contribution in [0.25, 0.3) is 11.0 Å². The van der Waals surface area contributed by atoms with Gasteiger partial charge < -0.3 is 10.2 Å². The zero-order valence-electron chi connectivity index (χ0n) is 18.5. The van der Waals surface area contributed by atoms with Crippen molar-refractivity contribution in [3.05, 3.63) is 54.1 Å². The lowest BCUT2D eigenvalue weighted by atomic mass is 9.97. The second kappa shape index (κ2) is 8.55. The first-order chi connectivity index (χ1) is 14.8. The molecule has 1 atom stereocenters. The number of amides is 1. The molecule has 1 fully saturated rings. The molecule has 1 N–H and O–H groups in total. The summed E-state index contributed by atoms with van der Waals surface area (Å²) in [6, 6.07) is 8.37. The van der Waals surface area contributed by atoms with Crippen molar-refractivity contribution in [2.24, 2.45) is 0 Å². The minimum atomic E-state index is -0.500. The minimum absolute atomic E-state index is 0.0731. The Morgan fingerprint density at radius 3 is 2.45 bits per heavy atom. The fourth-order valence-corrected chi connectivity index (χ4v) is 4.02. The van der Waals surface area contributed by atoms with Crippen molar-refractivity contribution < 1.29 is 4.79 Å². The molecule has 4 rings (SSSR count). The molecule has 0 aliphatic carbocycles. The van der Waals surface area contributed by atoms with E-state index in [1.807, 2.05) is 26.0 Å². The Kier molecular flexibility index (Phi) is 5.82. The van der Waals surface area contributed by atoms with Crippen LogP contribution in [0, 0.1) is 0 Å². The zero-order chi connectivity index (χ0) is 22.0. The maximum absolute atomic E-state index is 11.4. The van der Waals surface area contributed by atoms with Crippen molar-refractivity contribution in [3.63, 3.8) is 0 Å². The SMILES string of the molecule is CC(=O)NC(C)(C)c1cnc(N2CCN(C(C)c3ccc4cccnc4n3)CC2)nc1. The summed E-state index contributed by atoms with van der Waals surface area (Å²) in [5.74, 6) is 0.652. The average molecular weight is 420 g/mol. The molecular formula is C23H29N7O. The van der Waals surface area contributed by atoms with Crippen LogP contribution < -0.4 is 10.2 Å². The Hall–Kier alpha value is -3.13. The summed E-state index contributed by atoms with van der Waals surface area (Å²) in [6.45, 7) is 11.1. The second-order valence-corrected chi connectivity index (χ2v) is 8.56. The third-order valence-electron chi connectivity index (χ3n) is 5.91.